The number of piperidine rings is 1. The fourth-order valence-corrected chi connectivity index (χ4v) is 2.99. The van der Waals surface area contributed by atoms with Crippen LogP contribution in [0.15, 0.2) is 30.3 Å². The molecule has 0 saturated carbocycles. The number of carbonyl (C=O) groups excluding carboxylic acids is 1. The van der Waals surface area contributed by atoms with Crippen molar-refractivity contribution in [2.45, 2.75) is 18.9 Å². The molecular weight excluding hydrogens is 288 g/mol. The summed E-state index contributed by atoms with van der Waals surface area (Å²) in [4.78, 5) is 18.6. The first-order chi connectivity index (χ1) is 10.2. The minimum atomic E-state index is -0.0581. The van der Waals surface area contributed by atoms with E-state index in [9.17, 15) is 4.79 Å². The maximum absolute atomic E-state index is 12.6. The van der Waals surface area contributed by atoms with Crippen molar-refractivity contribution in [2.75, 3.05) is 20.2 Å². The van der Waals surface area contributed by atoms with Crippen molar-refractivity contribution in [3.63, 3.8) is 0 Å². The van der Waals surface area contributed by atoms with Gasteiger partial charge in [-0.3, -0.25) is 4.79 Å². The number of pyridine rings is 1. The van der Waals surface area contributed by atoms with Crippen LogP contribution in [-0.2, 0) is 4.74 Å². The number of aromatic nitrogens is 1. The van der Waals surface area contributed by atoms with Gasteiger partial charge in [0.15, 0.2) is 0 Å². The Kier molecular flexibility index (Phi) is 4.08. The van der Waals surface area contributed by atoms with Crippen molar-refractivity contribution in [3.05, 3.63) is 41.2 Å². The lowest BCUT2D eigenvalue weighted by Gasteiger charge is -2.31. The van der Waals surface area contributed by atoms with E-state index in [1.165, 1.54) is 0 Å². The number of nitrogens with zero attached hydrogens (tertiary/aromatic N) is 2. The minimum Gasteiger partial charge on any atom is -0.381 e. The third-order valence-electron chi connectivity index (χ3n) is 3.98. The van der Waals surface area contributed by atoms with E-state index in [-0.39, 0.29) is 12.0 Å². The van der Waals surface area contributed by atoms with E-state index in [0.717, 1.165) is 23.6 Å². The molecule has 0 bridgehead atoms. The minimum absolute atomic E-state index is 0.0581. The fourth-order valence-electron chi connectivity index (χ4n) is 2.72. The van der Waals surface area contributed by atoms with Gasteiger partial charge in [0, 0.05) is 25.6 Å². The normalized spacial score (nSPS) is 16.4. The van der Waals surface area contributed by atoms with Crippen LogP contribution in [0.5, 0.6) is 0 Å². The molecule has 21 heavy (non-hydrogen) atoms. The van der Waals surface area contributed by atoms with Gasteiger partial charge in [0.05, 0.1) is 6.10 Å². The Hall–Kier alpha value is -1.65. The molecule has 0 spiro atoms. The Morgan fingerprint density at radius 2 is 2.05 bits per heavy atom. The summed E-state index contributed by atoms with van der Waals surface area (Å²) in [6, 6.07) is 9.50. The van der Waals surface area contributed by atoms with Crippen LogP contribution in [0.2, 0.25) is 5.15 Å². The van der Waals surface area contributed by atoms with Crippen molar-refractivity contribution in [1.29, 1.82) is 0 Å². The van der Waals surface area contributed by atoms with E-state index in [1.54, 1.807) is 7.11 Å². The molecule has 5 heteroatoms. The molecule has 0 atom stereocenters. The molecule has 2 heterocycles. The van der Waals surface area contributed by atoms with Gasteiger partial charge in [-0.1, -0.05) is 35.9 Å². The van der Waals surface area contributed by atoms with Crippen molar-refractivity contribution < 1.29 is 9.53 Å². The van der Waals surface area contributed by atoms with E-state index in [4.69, 9.17) is 16.3 Å². The Morgan fingerprint density at radius 1 is 1.33 bits per heavy atom. The van der Waals surface area contributed by atoms with Gasteiger partial charge >= 0.3 is 0 Å². The van der Waals surface area contributed by atoms with E-state index in [1.807, 2.05) is 35.2 Å². The molecule has 1 amide bonds. The Balaban J connectivity index is 1.85. The summed E-state index contributed by atoms with van der Waals surface area (Å²) in [7, 11) is 1.72. The van der Waals surface area contributed by atoms with Crippen LogP contribution in [0.25, 0.3) is 10.8 Å². The number of hydrogen-bond acceptors (Lipinski definition) is 3. The number of fused-ring (bicyclic) bond motifs is 1. The van der Waals surface area contributed by atoms with Gasteiger partial charge in [-0.25, -0.2) is 4.98 Å². The average Bonchev–Trinajstić information content (AvgIpc) is 2.54. The Labute approximate surface area is 128 Å². The summed E-state index contributed by atoms with van der Waals surface area (Å²) < 4.78 is 5.33. The van der Waals surface area contributed by atoms with Gasteiger partial charge in [-0.05, 0) is 24.3 Å². The standard InChI is InChI=1S/C16H17ClN2O2/c1-21-12-6-8-19(9-7-12)16(20)14-10-11-4-2-3-5-13(11)15(17)18-14/h2-5,10,12H,6-9H2,1H3. The zero-order chi connectivity index (χ0) is 14.8. The zero-order valence-electron chi connectivity index (χ0n) is 11.9. The number of benzene rings is 1. The molecule has 1 saturated heterocycles. The lowest BCUT2D eigenvalue weighted by atomic mass is 10.1. The van der Waals surface area contributed by atoms with Gasteiger partial charge in [0.25, 0.3) is 5.91 Å². The highest BCUT2D eigenvalue weighted by Crippen LogP contribution is 2.23. The molecule has 0 aliphatic carbocycles. The van der Waals surface area contributed by atoms with Crippen molar-refractivity contribution >= 4 is 28.3 Å². The van der Waals surface area contributed by atoms with Crippen molar-refractivity contribution in [2.24, 2.45) is 0 Å². The third kappa shape index (κ3) is 2.87. The summed E-state index contributed by atoms with van der Waals surface area (Å²) in [6.45, 7) is 1.40. The first kappa shape index (κ1) is 14.3. The van der Waals surface area contributed by atoms with Crippen LogP contribution >= 0.6 is 11.6 Å². The summed E-state index contributed by atoms with van der Waals surface area (Å²) >= 11 is 6.19. The Morgan fingerprint density at radius 3 is 2.76 bits per heavy atom. The molecule has 3 rings (SSSR count). The fraction of sp³-hybridized carbons (Fsp3) is 0.375. The molecule has 110 valence electrons. The number of likely N-dealkylation sites (tertiary alicyclic amines) is 1. The van der Waals surface area contributed by atoms with Crippen LogP contribution in [-0.4, -0.2) is 42.1 Å². The Bertz CT molecular complexity index is 666. The first-order valence-electron chi connectivity index (χ1n) is 7.06. The SMILES string of the molecule is COC1CCN(C(=O)c2cc3ccccc3c(Cl)n2)CC1. The highest BCUT2D eigenvalue weighted by molar-refractivity contribution is 6.34. The zero-order valence-corrected chi connectivity index (χ0v) is 12.6. The molecule has 1 aliphatic heterocycles. The molecule has 0 radical (unpaired) electrons. The first-order valence-corrected chi connectivity index (χ1v) is 7.44. The summed E-state index contributed by atoms with van der Waals surface area (Å²) in [5.41, 5.74) is 0.412. The molecule has 2 aromatic rings. The quantitative estimate of drug-likeness (QED) is 0.801. The molecule has 1 aliphatic rings. The van der Waals surface area contributed by atoms with Gasteiger partial charge in [0.2, 0.25) is 0 Å². The van der Waals surface area contributed by atoms with Crippen molar-refractivity contribution in [1.82, 2.24) is 9.88 Å². The number of ether oxygens (including phenoxy) is 1. The molecule has 0 N–H and O–H groups in total. The maximum Gasteiger partial charge on any atom is 0.272 e. The molecule has 1 aromatic carbocycles. The second-order valence-electron chi connectivity index (χ2n) is 5.25. The van der Waals surface area contributed by atoms with E-state index >= 15 is 0 Å². The van der Waals surface area contributed by atoms with E-state index in [0.29, 0.717) is 23.9 Å². The van der Waals surface area contributed by atoms with Gasteiger partial charge in [-0.15, -0.1) is 0 Å². The largest absolute Gasteiger partial charge is 0.381 e. The predicted octanol–water partition coefficient (Wildman–Crippen LogP) is 3.14. The van der Waals surface area contributed by atoms with Gasteiger partial charge in [-0.2, -0.15) is 0 Å². The lowest BCUT2D eigenvalue weighted by molar-refractivity contribution is 0.0348. The summed E-state index contributed by atoms with van der Waals surface area (Å²) in [6.07, 6.45) is 1.98. The smallest absolute Gasteiger partial charge is 0.272 e. The van der Waals surface area contributed by atoms with Crippen LogP contribution in [0, 0.1) is 0 Å². The van der Waals surface area contributed by atoms with Gasteiger partial charge < -0.3 is 9.64 Å². The van der Waals surface area contributed by atoms with Gasteiger partial charge in [0.1, 0.15) is 10.8 Å². The van der Waals surface area contributed by atoms with Crippen LogP contribution < -0.4 is 0 Å². The molecular formula is C16H17ClN2O2. The second-order valence-corrected chi connectivity index (χ2v) is 5.60. The highest BCUT2D eigenvalue weighted by Gasteiger charge is 2.24. The topological polar surface area (TPSA) is 42.4 Å². The third-order valence-corrected chi connectivity index (χ3v) is 4.26. The number of halogens is 1. The number of hydrogen-bond donors (Lipinski definition) is 0. The predicted molar refractivity (Wildman–Crippen MR) is 82.7 cm³/mol. The van der Waals surface area contributed by atoms with Crippen LogP contribution in [0.1, 0.15) is 23.3 Å². The average molecular weight is 305 g/mol. The number of carbonyl (C=O) groups is 1. The highest BCUT2D eigenvalue weighted by atomic mass is 35.5. The van der Waals surface area contributed by atoms with Crippen LogP contribution in [0.4, 0.5) is 0 Å². The number of methoxy groups -OCH3 is 1. The molecule has 1 fully saturated rings. The second kappa shape index (κ2) is 6.00. The number of amides is 1. The van der Waals surface area contributed by atoms with Crippen LogP contribution in [0.3, 0.4) is 0 Å². The maximum atomic E-state index is 12.6. The monoisotopic (exact) mass is 304 g/mol. The number of rotatable bonds is 2. The summed E-state index contributed by atoms with van der Waals surface area (Å²) in [5.74, 6) is -0.0581. The summed E-state index contributed by atoms with van der Waals surface area (Å²) in [5, 5.41) is 2.18. The lowest BCUT2D eigenvalue weighted by Crippen LogP contribution is -2.40. The van der Waals surface area contributed by atoms with E-state index < -0.39 is 0 Å². The van der Waals surface area contributed by atoms with Crippen molar-refractivity contribution in [3.8, 4) is 0 Å². The molecule has 1 aromatic heterocycles. The molecule has 0 unspecified atom stereocenters. The molecule has 4 nitrogen and oxygen atoms in total. The van der Waals surface area contributed by atoms with E-state index in [2.05, 4.69) is 4.98 Å².